The number of nitrogens with two attached hydrogens (primary N) is 1. The number of amides is 1. The van der Waals surface area contributed by atoms with Gasteiger partial charge in [-0.05, 0) is 30.6 Å². The van der Waals surface area contributed by atoms with Gasteiger partial charge in [-0.1, -0.05) is 13.8 Å². The SMILES string of the molecule is CC1(C)CC(=O)c2c(C(F)(F)F)nn(-c3ncc(C(N)=O)c(NCC4CC4)n3)c2C1. The van der Waals surface area contributed by atoms with Crippen molar-refractivity contribution in [2.45, 2.75) is 45.7 Å². The molecule has 1 saturated carbocycles. The molecule has 0 spiro atoms. The first-order valence-corrected chi connectivity index (χ1v) is 9.59. The van der Waals surface area contributed by atoms with E-state index in [9.17, 15) is 22.8 Å². The molecule has 2 heterocycles. The van der Waals surface area contributed by atoms with Gasteiger partial charge in [-0.2, -0.15) is 23.3 Å². The average molecular weight is 422 g/mol. The first-order chi connectivity index (χ1) is 14.0. The Morgan fingerprint density at radius 1 is 1.33 bits per heavy atom. The maximum absolute atomic E-state index is 13.6. The average Bonchev–Trinajstić information content (AvgIpc) is 3.36. The molecule has 11 heteroatoms. The van der Waals surface area contributed by atoms with Crippen molar-refractivity contribution in [2.24, 2.45) is 17.1 Å². The molecule has 3 N–H and O–H groups in total. The number of aromatic nitrogens is 4. The number of carbonyl (C=O) groups excluding carboxylic acids is 2. The molecule has 0 radical (unpaired) electrons. The lowest BCUT2D eigenvalue weighted by molar-refractivity contribution is -0.141. The number of halogens is 3. The van der Waals surface area contributed by atoms with Crippen LogP contribution in [0.25, 0.3) is 5.95 Å². The van der Waals surface area contributed by atoms with Crippen molar-refractivity contribution < 1.29 is 22.8 Å². The van der Waals surface area contributed by atoms with Gasteiger partial charge in [-0.3, -0.25) is 9.59 Å². The number of primary amides is 1. The van der Waals surface area contributed by atoms with E-state index in [0.717, 1.165) is 23.7 Å². The van der Waals surface area contributed by atoms with Crippen LogP contribution in [0.1, 0.15) is 65.2 Å². The van der Waals surface area contributed by atoms with Gasteiger partial charge in [0.25, 0.3) is 11.9 Å². The number of fused-ring (bicyclic) bond motifs is 1. The standard InChI is InChI=1S/C19H21F3N6O2/c1-18(2)5-11-13(12(29)6-18)14(19(20,21)22)27-28(11)17-25-8-10(15(23)30)16(26-17)24-7-9-3-4-9/h8-9H,3-7H2,1-2H3,(H2,23,30)(H,24,25,26). The molecule has 1 amide bonds. The maximum Gasteiger partial charge on any atom is 0.435 e. The van der Waals surface area contributed by atoms with Crippen molar-refractivity contribution in [3.8, 4) is 5.95 Å². The molecule has 2 aliphatic rings. The number of hydrogen-bond acceptors (Lipinski definition) is 6. The zero-order valence-electron chi connectivity index (χ0n) is 16.5. The van der Waals surface area contributed by atoms with Gasteiger partial charge in [0.2, 0.25) is 0 Å². The zero-order chi connectivity index (χ0) is 21.8. The van der Waals surface area contributed by atoms with Gasteiger partial charge in [-0.15, -0.1) is 0 Å². The third kappa shape index (κ3) is 3.75. The van der Waals surface area contributed by atoms with E-state index in [4.69, 9.17) is 5.73 Å². The summed E-state index contributed by atoms with van der Waals surface area (Å²) in [6.07, 6.45) is -1.34. The third-order valence-electron chi connectivity index (χ3n) is 5.30. The Labute approximate surface area is 170 Å². The van der Waals surface area contributed by atoms with Crippen LogP contribution in [0.5, 0.6) is 0 Å². The van der Waals surface area contributed by atoms with E-state index < -0.39 is 34.5 Å². The summed E-state index contributed by atoms with van der Waals surface area (Å²) in [5.41, 5.74) is 3.31. The minimum absolute atomic E-state index is 0.00949. The Hall–Kier alpha value is -2.98. The largest absolute Gasteiger partial charge is 0.435 e. The molecule has 160 valence electrons. The minimum atomic E-state index is -4.80. The number of carbonyl (C=O) groups is 2. The van der Waals surface area contributed by atoms with Crippen LogP contribution in [-0.4, -0.2) is 38.0 Å². The van der Waals surface area contributed by atoms with Crippen LogP contribution in [0.2, 0.25) is 0 Å². The summed E-state index contributed by atoms with van der Waals surface area (Å²) in [6.45, 7) is 4.17. The number of alkyl halides is 3. The van der Waals surface area contributed by atoms with E-state index >= 15 is 0 Å². The van der Waals surface area contributed by atoms with E-state index in [1.165, 1.54) is 0 Å². The fourth-order valence-corrected chi connectivity index (χ4v) is 3.66. The maximum atomic E-state index is 13.6. The Bertz CT molecular complexity index is 1040. The lowest BCUT2D eigenvalue weighted by Crippen LogP contribution is -2.29. The van der Waals surface area contributed by atoms with Crippen molar-refractivity contribution in [3.05, 3.63) is 28.7 Å². The predicted molar refractivity (Wildman–Crippen MR) is 100 cm³/mol. The molecular weight excluding hydrogens is 401 g/mol. The smallest absolute Gasteiger partial charge is 0.369 e. The number of anilines is 1. The molecule has 2 aliphatic carbocycles. The van der Waals surface area contributed by atoms with Crippen molar-refractivity contribution in [1.82, 2.24) is 19.7 Å². The zero-order valence-corrected chi connectivity index (χ0v) is 16.5. The second-order valence-electron chi connectivity index (χ2n) is 8.64. The molecule has 0 saturated heterocycles. The first-order valence-electron chi connectivity index (χ1n) is 9.59. The Morgan fingerprint density at radius 3 is 2.63 bits per heavy atom. The molecule has 0 aliphatic heterocycles. The highest BCUT2D eigenvalue weighted by Crippen LogP contribution is 2.41. The van der Waals surface area contributed by atoms with Gasteiger partial charge in [-0.25, -0.2) is 9.67 Å². The van der Waals surface area contributed by atoms with E-state index in [2.05, 4.69) is 20.4 Å². The third-order valence-corrected chi connectivity index (χ3v) is 5.30. The molecule has 4 rings (SSSR count). The van der Waals surface area contributed by atoms with Crippen LogP contribution in [0, 0.1) is 11.3 Å². The van der Waals surface area contributed by atoms with E-state index in [1.807, 2.05) is 0 Å². The van der Waals surface area contributed by atoms with Crippen LogP contribution in [0.3, 0.4) is 0 Å². The first kappa shape index (κ1) is 20.3. The quantitative estimate of drug-likeness (QED) is 0.766. The molecule has 30 heavy (non-hydrogen) atoms. The highest BCUT2D eigenvalue weighted by Gasteiger charge is 2.45. The molecule has 0 bridgehead atoms. The van der Waals surface area contributed by atoms with Crippen LogP contribution < -0.4 is 11.1 Å². The fourth-order valence-electron chi connectivity index (χ4n) is 3.66. The summed E-state index contributed by atoms with van der Waals surface area (Å²) < 4.78 is 41.7. The van der Waals surface area contributed by atoms with Crippen molar-refractivity contribution >= 4 is 17.5 Å². The second kappa shape index (κ2) is 6.78. The lowest BCUT2D eigenvalue weighted by Gasteiger charge is -2.29. The van der Waals surface area contributed by atoms with E-state index in [1.54, 1.807) is 13.8 Å². The minimum Gasteiger partial charge on any atom is -0.369 e. The number of nitrogens with one attached hydrogen (secondary N) is 1. The van der Waals surface area contributed by atoms with Gasteiger partial charge in [0.1, 0.15) is 5.82 Å². The summed E-state index contributed by atoms with van der Waals surface area (Å²) >= 11 is 0. The van der Waals surface area contributed by atoms with Gasteiger partial charge >= 0.3 is 6.18 Å². The van der Waals surface area contributed by atoms with Crippen LogP contribution in [0.4, 0.5) is 19.0 Å². The molecule has 0 unspecified atom stereocenters. The van der Waals surface area contributed by atoms with Crippen LogP contribution in [0.15, 0.2) is 6.20 Å². The van der Waals surface area contributed by atoms with E-state index in [0.29, 0.717) is 12.5 Å². The number of nitrogens with zero attached hydrogens (tertiary/aromatic N) is 4. The highest BCUT2D eigenvalue weighted by atomic mass is 19.4. The number of Topliss-reactive ketones (excluding diaryl/α,β-unsaturated/α-hetero) is 1. The summed E-state index contributed by atoms with van der Waals surface area (Å²) in [6, 6.07) is 0. The van der Waals surface area contributed by atoms with Crippen LogP contribution in [-0.2, 0) is 12.6 Å². The molecule has 2 aromatic rings. The Morgan fingerprint density at radius 2 is 2.03 bits per heavy atom. The Balaban J connectivity index is 1.85. The highest BCUT2D eigenvalue weighted by molar-refractivity contribution is 6.00. The van der Waals surface area contributed by atoms with Crippen molar-refractivity contribution in [1.29, 1.82) is 0 Å². The van der Waals surface area contributed by atoms with Gasteiger partial charge < -0.3 is 11.1 Å². The second-order valence-corrected chi connectivity index (χ2v) is 8.64. The molecule has 1 fully saturated rings. The summed E-state index contributed by atoms with van der Waals surface area (Å²) in [7, 11) is 0. The normalized spacial score (nSPS) is 18.2. The Kier molecular flexibility index (Phi) is 4.59. The number of rotatable bonds is 5. The summed E-state index contributed by atoms with van der Waals surface area (Å²) in [5, 5.41) is 6.70. The van der Waals surface area contributed by atoms with Crippen molar-refractivity contribution in [2.75, 3.05) is 11.9 Å². The summed E-state index contributed by atoms with van der Waals surface area (Å²) in [5.74, 6) is -0.929. The monoisotopic (exact) mass is 422 g/mol. The molecule has 2 aromatic heterocycles. The van der Waals surface area contributed by atoms with E-state index in [-0.39, 0.29) is 35.9 Å². The number of ketones is 1. The predicted octanol–water partition coefficient (Wildman–Crippen LogP) is 2.76. The lowest BCUT2D eigenvalue weighted by atomic mass is 9.75. The van der Waals surface area contributed by atoms with Crippen LogP contribution >= 0.6 is 0 Å². The van der Waals surface area contributed by atoms with Crippen molar-refractivity contribution in [3.63, 3.8) is 0 Å². The number of hydrogen-bond donors (Lipinski definition) is 2. The van der Waals surface area contributed by atoms with Gasteiger partial charge in [0.05, 0.1) is 16.8 Å². The fraction of sp³-hybridized carbons (Fsp3) is 0.526. The molecule has 8 nitrogen and oxygen atoms in total. The summed E-state index contributed by atoms with van der Waals surface area (Å²) in [4.78, 5) is 32.5. The molecule has 0 aromatic carbocycles. The topological polar surface area (TPSA) is 116 Å². The van der Waals surface area contributed by atoms with Gasteiger partial charge in [0, 0.05) is 19.2 Å². The molecule has 0 atom stereocenters. The molecular formula is C19H21F3N6O2. The van der Waals surface area contributed by atoms with Gasteiger partial charge in [0.15, 0.2) is 11.5 Å².